The van der Waals surface area contributed by atoms with E-state index in [0.29, 0.717) is 5.56 Å². The third-order valence-electron chi connectivity index (χ3n) is 3.25. The van der Waals surface area contributed by atoms with Crippen LogP contribution in [0.1, 0.15) is 12.5 Å². The molecule has 1 rings (SSSR count). The smallest absolute Gasteiger partial charge is 0.325 e. The number of nitrogens with two attached hydrogens (primary N) is 1. The van der Waals surface area contributed by atoms with Gasteiger partial charge in [0, 0.05) is 6.42 Å². The lowest BCUT2D eigenvalue weighted by molar-refractivity contribution is -0.143. The van der Waals surface area contributed by atoms with E-state index in [-0.39, 0.29) is 37.7 Å². The maximum absolute atomic E-state index is 12.3. The van der Waals surface area contributed by atoms with E-state index in [1.807, 2.05) is 0 Å². The van der Waals surface area contributed by atoms with Crippen LogP contribution in [0.15, 0.2) is 24.3 Å². The molecule has 0 bridgehead atoms. The van der Waals surface area contributed by atoms with Crippen LogP contribution >= 0.6 is 12.4 Å². The van der Waals surface area contributed by atoms with Gasteiger partial charge < -0.3 is 31.3 Å². The zero-order valence-corrected chi connectivity index (χ0v) is 15.1. The summed E-state index contributed by atoms with van der Waals surface area (Å²) in [6.07, 6.45) is 0.110. The SMILES string of the molecule is CCOC(=O)CNC(=O)[C@H](Cc1ccc(O)cc1)NC(=O)[C@@H](N)CO.Cl. The lowest BCUT2D eigenvalue weighted by atomic mass is 10.0. The van der Waals surface area contributed by atoms with E-state index in [4.69, 9.17) is 15.6 Å². The number of carbonyl (C=O) groups excluding carboxylic acids is 3. The third-order valence-corrected chi connectivity index (χ3v) is 3.25. The Morgan fingerprint density at radius 2 is 1.81 bits per heavy atom. The number of aliphatic hydroxyl groups is 1. The molecule has 9 nitrogen and oxygen atoms in total. The summed E-state index contributed by atoms with van der Waals surface area (Å²) < 4.78 is 4.72. The average Bonchev–Trinajstić information content (AvgIpc) is 2.60. The van der Waals surface area contributed by atoms with E-state index in [2.05, 4.69) is 10.6 Å². The minimum atomic E-state index is -1.17. The van der Waals surface area contributed by atoms with Crippen LogP contribution in [0.25, 0.3) is 0 Å². The molecule has 0 spiro atoms. The molecule has 0 aliphatic carbocycles. The number of rotatable bonds is 9. The number of amides is 2. The first kappa shape index (κ1) is 23.6. The maximum atomic E-state index is 12.3. The molecule has 0 radical (unpaired) electrons. The van der Waals surface area contributed by atoms with Crippen LogP contribution in [-0.4, -0.2) is 59.8 Å². The predicted octanol–water partition coefficient (Wildman–Crippen LogP) is -1.16. The van der Waals surface area contributed by atoms with Crippen LogP contribution in [0, 0.1) is 0 Å². The molecule has 146 valence electrons. The Morgan fingerprint density at radius 3 is 2.35 bits per heavy atom. The van der Waals surface area contributed by atoms with Crippen LogP contribution < -0.4 is 16.4 Å². The molecule has 0 aromatic heterocycles. The number of aromatic hydroxyl groups is 1. The molecule has 0 aliphatic heterocycles. The van der Waals surface area contributed by atoms with Gasteiger partial charge in [-0.15, -0.1) is 12.4 Å². The number of hydrogen-bond donors (Lipinski definition) is 5. The molecule has 0 fully saturated rings. The second-order valence-corrected chi connectivity index (χ2v) is 5.24. The predicted molar refractivity (Wildman–Crippen MR) is 95.7 cm³/mol. The van der Waals surface area contributed by atoms with Gasteiger partial charge in [-0.2, -0.15) is 0 Å². The molecule has 6 N–H and O–H groups in total. The molecule has 1 aromatic rings. The Labute approximate surface area is 157 Å². The molecule has 0 aliphatic rings. The van der Waals surface area contributed by atoms with E-state index in [1.54, 1.807) is 19.1 Å². The second kappa shape index (κ2) is 12.1. The molecule has 0 heterocycles. The van der Waals surface area contributed by atoms with Crippen LogP contribution in [0.2, 0.25) is 0 Å². The summed E-state index contributed by atoms with van der Waals surface area (Å²) in [4.78, 5) is 35.5. The fourth-order valence-electron chi connectivity index (χ4n) is 1.93. The Morgan fingerprint density at radius 1 is 1.19 bits per heavy atom. The van der Waals surface area contributed by atoms with E-state index >= 15 is 0 Å². The quantitative estimate of drug-likeness (QED) is 0.334. The number of phenolic OH excluding ortho intramolecular Hbond substituents is 1. The highest BCUT2D eigenvalue weighted by Gasteiger charge is 2.24. The fraction of sp³-hybridized carbons (Fsp3) is 0.438. The average molecular weight is 390 g/mol. The summed E-state index contributed by atoms with van der Waals surface area (Å²) in [5.74, 6) is -1.83. The molecule has 1 aromatic carbocycles. The minimum absolute atomic E-state index is 0. The normalized spacial score (nSPS) is 12.3. The van der Waals surface area contributed by atoms with Crippen molar-refractivity contribution >= 4 is 30.2 Å². The molecule has 2 amide bonds. The topological polar surface area (TPSA) is 151 Å². The zero-order chi connectivity index (χ0) is 18.8. The van der Waals surface area contributed by atoms with Gasteiger partial charge in [0.15, 0.2) is 0 Å². The lowest BCUT2D eigenvalue weighted by Crippen LogP contribution is -2.54. The number of aliphatic hydroxyl groups excluding tert-OH is 1. The van der Waals surface area contributed by atoms with Crippen molar-refractivity contribution in [3.8, 4) is 5.75 Å². The summed E-state index contributed by atoms with van der Waals surface area (Å²) in [7, 11) is 0. The molecular formula is C16H24ClN3O6. The van der Waals surface area contributed by atoms with Crippen LogP contribution in [-0.2, 0) is 25.5 Å². The van der Waals surface area contributed by atoms with Crippen molar-refractivity contribution in [2.45, 2.75) is 25.4 Å². The van der Waals surface area contributed by atoms with Crippen molar-refractivity contribution in [3.05, 3.63) is 29.8 Å². The van der Waals surface area contributed by atoms with E-state index in [9.17, 15) is 19.5 Å². The molecule has 0 unspecified atom stereocenters. The van der Waals surface area contributed by atoms with Crippen molar-refractivity contribution < 1.29 is 29.3 Å². The van der Waals surface area contributed by atoms with Crippen molar-refractivity contribution in [3.63, 3.8) is 0 Å². The Bertz CT molecular complexity index is 596. The summed E-state index contributed by atoms with van der Waals surface area (Å²) in [5, 5.41) is 23.1. The van der Waals surface area contributed by atoms with E-state index in [1.165, 1.54) is 12.1 Å². The van der Waals surface area contributed by atoms with Gasteiger partial charge in [0.2, 0.25) is 11.8 Å². The van der Waals surface area contributed by atoms with Gasteiger partial charge in [0.1, 0.15) is 24.4 Å². The van der Waals surface area contributed by atoms with Gasteiger partial charge >= 0.3 is 5.97 Å². The van der Waals surface area contributed by atoms with Gasteiger partial charge in [-0.3, -0.25) is 14.4 Å². The first-order valence-electron chi connectivity index (χ1n) is 7.75. The van der Waals surface area contributed by atoms with E-state index < -0.39 is 36.5 Å². The van der Waals surface area contributed by atoms with E-state index in [0.717, 1.165) is 0 Å². The van der Waals surface area contributed by atoms with Crippen LogP contribution in [0.3, 0.4) is 0 Å². The zero-order valence-electron chi connectivity index (χ0n) is 14.3. The Kier molecular flexibility index (Phi) is 11.0. The number of carbonyl (C=O) groups is 3. The van der Waals surface area contributed by atoms with Gasteiger partial charge in [-0.1, -0.05) is 12.1 Å². The number of phenols is 1. The van der Waals surface area contributed by atoms with Gasteiger partial charge in [-0.05, 0) is 24.6 Å². The fourth-order valence-corrected chi connectivity index (χ4v) is 1.93. The van der Waals surface area contributed by atoms with Crippen molar-refractivity contribution in [2.75, 3.05) is 19.8 Å². The monoisotopic (exact) mass is 389 g/mol. The highest BCUT2D eigenvalue weighted by molar-refractivity contribution is 5.91. The van der Waals surface area contributed by atoms with Crippen molar-refractivity contribution in [1.82, 2.24) is 10.6 Å². The highest BCUT2D eigenvalue weighted by atomic mass is 35.5. The number of ether oxygens (including phenoxy) is 1. The number of benzene rings is 1. The largest absolute Gasteiger partial charge is 0.508 e. The third kappa shape index (κ3) is 8.15. The van der Waals surface area contributed by atoms with Gasteiger partial charge in [0.25, 0.3) is 0 Å². The molecule has 0 saturated heterocycles. The summed E-state index contributed by atoms with van der Waals surface area (Å²) >= 11 is 0. The van der Waals surface area contributed by atoms with Crippen molar-refractivity contribution in [1.29, 1.82) is 0 Å². The first-order valence-corrected chi connectivity index (χ1v) is 7.75. The molecule has 0 saturated carbocycles. The van der Waals surface area contributed by atoms with Gasteiger partial charge in [0.05, 0.1) is 13.2 Å². The molecular weight excluding hydrogens is 366 g/mol. The Balaban J connectivity index is 0.00000625. The molecule has 26 heavy (non-hydrogen) atoms. The van der Waals surface area contributed by atoms with Crippen molar-refractivity contribution in [2.24, 2.45) is 5.73 Å². The number of nitrogens with one attached hydrogen (secondary N) is 2. The summed E-state index contributed by atoms with van der Waals surface area (Å²) in [6, 6.07) is 3.91. The number of halogens is 1. The number of esters is 1. The Hall–Kier alpha value is -2.36. The van der Waals surface area contributed by atoms with Gasteiger partial charge in [-0.25, -0.2) is 0 Å². The highest BCUT2D eigenvalue weighted by Crippen LogP contribution is 2.11. The second-order valence-electron chi connectivity index (χ2n) is 5.24. The van der Waals surface area contributed by atoms with Crippen LogP contribution in [0.4, 0.5) is 0 Å². The standard InChI is InChI=1S/C16H23N3O6.ClH/c1-2-25-14(22)8-18-16(24)13(19-15(23)12(17)9-20)7-10-3-5-11(21)6-4-10;/h3-6,12-13,20-21H,2,7-9,17H2,1H3,(H,18,24)(H,19,23);1H/t12-,13-;/m0./s1. The minimum Gasteiger partial charge on any atom is -0.508 e. The maximum Gasteiger partial charge on any atom is 0.325 e. The molecule has 2 atom stereocenters. The molecule has 10 heteroatoms. The first-order chi connectivity index (χ1) is 11.9. The summed E-state index contributed by atoms with van der Waals surface area (Å²) in [5.41, 5.74) is 6.11. The summed E-state index contributed by atoms with van der Waals surface area (Å²) in [6.45, 7) is 0.931. The lowest BCUT2D eigenvalue weighted by Gasteiger charge is -2.20. The van der Waals surface area contributed by atoms with Crippen LogP contribution in [0.5, 0.6) is 5.75 Å². The number of hydrogen-bond acceptors (Lipinski definition) is 7.